The fourth-order valence-electron chi connectivity index (χ4n) is 9.16. The second-order valence-electron chi connectivity index (χ2n) is 14.3. The van der Waals surface area contributed by atoms with Crippen LogP contribution in [-0.2, 0) is 5.41 Å². The summed E-state index contributed by atoms with van der Waals surface area (Å²) in [6, 6.07) is 24.3. The van der Waals surface area contributed by atoms with E-state index < -0.39 is 5.41 Å². The molecule has 3 aliphatic heterocycles. The molecule has 1 aromatic heterocycles. The second kappa shape index (κ2) is 10.2. The number of allylic oxidation sites excluding steroid dienone is 4. The van der Waals surface area contributed by atoms with Crippen LogP contribution in [-0.4, -0.2) is 28.8 Å². The van der Waals surface area contributed by atoms with E-state index in [-0.39, 0.29) is 24.5 Å². The first kappa shape index (κ1) is 27.5. The predicted octanol–water partition coefficient (Wildman–Crippen LogP) is 8.88. The van der Waals surface area contributed by atoms with Crippen molar-refractivity contribution in [2.75, 3.05) is 0 Å². The molecular weight excluding hydrogens is 578 g/mol. The van der Waals surface area contributed by atoms with Crippen LogP contribution in [0.3, 0.4) is 0 Å². The molecule has 7 unspecified atom stereocenters. The average molecular weight is 618 g/mol. The van der Waals surface area contributed by atoms with E-state index in [0.29, 0.717) is 11.8 Å². The third kappa shape index (κ3) is 3.96. The molecule has 0 amide bonds. The Balaban J connectivity index is 1.03. The number of aliphatic imine (C=N–C) groups is 1. The number of para-hydroxylation sites is 2. The molecule has 0 saturated carbocycles. The number of aromatic nitrogens is 1. The number of rotatable bonds is 3. The van der Waals surface area contributed by atoms with Gasteiger partial charge in [0.25, 0.3) is 0 Å². The number of ether oxygens (including phenoxy) is 2. The molecule has 1 N–H and O–H groups in total. The zero-order valence-corrected chi connectivity index (χ0v) is 26.9. The molecule has 5 heteroatoms. The van der Waals surface area contributed by atoms with Gasteiger partial charge in [0.15, 0.2) is 6.23 Å². The van der Waals surface area contributed by atoms with Crippen molar-refractivity contribution >= 4 is 22.7 Å². The van der Waals surface area contributed by atoms with Crippen molar-refractivity contribution in [3.05, 3.63) is 137 Å². The summed E-state index contributed by atoms with van der Waals surface area (Å²) in [7, 11) is 0. The van der Waals surface area contributed by atoms with Crippen LogP contribution in [0.1, 0.15) is 85.4 Å². The zero-order chi connectivity index (χ0) is 31.3. The Morgan fingerprint density at radius 2 is 1.81 bits per heavy atom. The van der Waals surface area contributed by atoms with Gasteiger partial charge in [-0.25, -0.2) is 0 Å². The summed E-state index contributed by atoms with van der Waals surface area (Å²) in [5.74, 6) is 2.76. The molecule has 3 aromatic carbocycles. The number of fused-ring (bicyclic) bond motifs is 9. The summed E-state index contributed by atoms with van der Waals surface area (Å²) in [5, 5.41) is 5.17. The number of nitrogens with zero attached hydrogens (tertiary/aromatic N) is 2. The van der Waals surface area contributed by atoms with Gasteiger partial charge in [-0.1, -0.05) is 98.0 Å². The number of benzene rings is 3. The highest BCUT2D eigenvalue weighted by atomic mass is 16.5. The molecule has 4 aromatic rings. The van der Waals surface area contributed by atoms with Gasteiger partial charge >= 0.3 is 0 Å². The molecule has 7 atom stereocenters. The fourth-order valence-corrected chi connectivity index (χ4v) is 9.16. The Labute approximate surface area is 276 Å². The summed E-state index contributed by atoms with van der Waals surface area (Å²) in [6.07, 6.45) is 20.3. The van der Waals surface area contributed by atoms with E-state index in [1.165, 1.54) is 38.9 Å². The molecule has 10 rings (SSSR count). The Morgan fingerprint density at radius 3 is 2.72 bits per heavy atom. The van der Waals surface area contributed by atoms with Crippen LogP contribution in [0.2, 0.25) is 0 Å². The molecule has 47 heavy (non-hydrogen) atoms. The van der Waals surface area contributed by atoms with Crippen molar-refractivity contribution in [1.82, 2.24) is 9.88 Å². The SMILES string of the molecule is CC1CC=Cc2c1n(C1C=CC(C3N=C(c4ccc5c(c4)OC4CCC=CC54)C4(C)c5ccccc5OC4N3)=CC1)c1ccccc21. The number of hydrogen-bond acceptors (Lipinski definition) is 4. The highest BCUT2D eigenvalue weighted by molar-refractivity contribution is 6.10. The molecule has 234 valence electrons. The van der Waals surface area contributed by atoms with Crippen LogP contribution in [0.25, 0.3) is 17.0 Å². The van der Waals surface area contributed by atoms with Crippen molar-refractivity contribution in [2.24, 2.45) is 4.99 Å². The van der Waals surface area contributed by atoms with Crippen LogP contribution in [0.15, 0.2) is 114 Å². The lowest BCUT2D eigenvalue weighted by molar-refractivity contribution is 0.132. The minimum absolute atomic E-state index is 0.216. The van der Waals surface area contributed by atoms with Crippen molar-refractivity contribution < 1.29 is 9.47 Å². The second-order valence-corrected chi connectivity index (χ2v) is 14.3. The van der Waals surface area contributed by atoms with Gasteiger partial charge in [0.1, 0.15) is 23.8 Å². The average Bonchev–Trinajstić information content (AvgIpc) is 3.75. The highest BCUT2D eigenvalue weighted by Crippen LogP contribution is 2.49. The molecule has 0 radical (unpaired) electrons. The summed E-state index contributed by atoms with van der Waals surface area (Å²) in [5.41, 5.74) is 9.53. The lowest BCUT2D eigenvalue weighted by Gasteiger charge is -2.40. The Morgan fingerprint density at radius 1 is 0.915 bits per heavy atom. The van der Waals surface area contributed by atoms with E-state index in [1.54, 1.807) is 0 Å². The number of nitrogens with one attached hydrogen (secondary N) is 1. The van der Waals surface area contributed by atoms with E-state index in [2.05, 4.69) is 133 Å². The maximum absolute atomic E-state index is 6.66. The Hall–Kier alpha value is -4.61. The molecule has 0 spiro atoms. The molecule has 3 aliphatic carbocycles. The van der Waals surface area contributed by atoms with Gasteiger partial charge in [-0.3, -0.25) is 10.3 Å². The Bertz CT molecular complexity index is 2110. The molecule has 0 saturated heterocycles. The maximum atomic E-state index is 6.66. The quantitative estimate of drug-likeness (QED) is 0.234. The molecule has 5 nitrogen and oxygen atoms in total. The third-order valence-corrected chi connectivity index (χ3v) is 11.5. The first-order valence-corrected chi connectivity index (χ1v) is 17.3. The van der Waals surface area contributed by atoms with Gasteiger partial charge in [-0.2, -0.15) is 0 Å². The van der Waals surface area contributed by atoms with Crippen molar-refractivity contribution in [2.45, 2.75) is 81.3 Å². The lowest BCUT2D eigenvalue weighted by atomic mass is 9.73. The van der Waals surface area contributed by atoms with E-state index >= 15 is 0 Å². The van der Waals surface area contributed by atoms with Crippen molar-refractivity contribution in [3.63, 3.8) is 0 Å². The fraction of sp³-hybridized carbons (Fsp3) is 0.310. The monoisotopic (exact) mass is 617 g/mol. The first-order chi connectivity index (χ1) is 23.1. The summed E-state index contributed by atoms with van der Waals surface area (Å²) in [6.45, 7) is 4.64. The standard InChI is InChI=1S/C42H39N3O2/c1-25-10-9-13-32-29-11-3-6-15-34(29)45(38(25)32)28-21-18-26(19-22-28)40-43-39(42(2)33-14-5-8-17-36(33)47-41(42)44-40)27-20-23-31-30-12-4-7-16-35(30)46-37(31)24-27/h3-6,8-9,11-15,17-21,23-25,28,30,35,40-41,44H,7,10,16,22H2,1-2H3. The zero-order valence-electron chi connectivity index (χ0n) is 26.9. The van der Waals surface area contributed by atoms with E-state index in [1.807, 2.05) is 0 Å². The van der Waals surface area contributed by atoms with Crippen molar-refractivity contribution in [3.8, 4) is 11.5 Å². The van der Waals surface area contributed by atoms with Crippen LogP contribution < -0.4 is 14.8 Å². The minimum atomic E-state index is -0.444. The van der Waals surface area contributed by atoms with E-state index in [9.17, 15) is 0 Å². The topological polar surface area (TPSA) is 47.8 Å². The van der Waals surface area contributed by atoms with Gasteiger partial charge in [0.05, 0.1) is 17.2 Å². The first-order valence-electron chi connectivity index (χ1n) is 17.3. The minimum Gasteiger partial charge on any atom is -0.489 e. The van der Waals surface area contributed by atoms with Gasteiger partial charge in [-0.15, -0.1) is 0 Å². The largest absolute Gasteiger partial charge is 0.489 e. The normalized spacial score (nSPS) is 31.2. The number of hydrogen-bond donors (Lipinski definition) is 1. The molecular formula is C42H39N3O2. The molecule has 0 bridgehead atoms. The molecule has 4 heterocycles. The lowest BCUT2D eigenvalue weighted by Crippen LogP contribution is -2.58. The van der Waals surface area contributed by atoms with Gasteiger partial charge in [0, 0.05) is 50.7 Å². The summed E-state index contributed by atoms with van der Waals surface area (Å²) < 4.78 is 15.8. The van der Waals surface area contributed by atoms with Crippen LogP contribution >= 0.6 is 0 Å². The van der Waals surface area contributed by atoms with Gasteiger partial charge < -0.3 is 14.0 Å². The van der Waals surface area contributed by atoms with Gasteiger partial charge in [0.2, 0.25) is 0 Å². The summed E-state index contributed by atoms with van der Waals surface area (Å²) in [4.78, 5) is 5.55. The van der Waals surface area contributed by atoms with E-state index in [0.717, 1.165) is 48.5 Å². The smallest absolute Gasteiger partial charge is 0.167 e. The van der Waals surface area contributed by atoms with Crippen LogP contribution in [0, 0.1) is 0 Å². The molecule has 6 aliphatic rings. The van der Waals surface area contributed by atoms with Crippen molar-refractivity contribution in [1.29, 1.82) is 0 Å². The van der Waals surface area contributed by atoms with Crippen LogP contribution in [0.4, 0.5) is 0 Å². The predicted molar refractivity (Wildman–Crippen MR) is 189 cm³/mol. The Kier molecular flexibility index (Phi) is 5.96. The van der Waals surface area contributed by atoms with Crippen LogP contribution in [0.5, 0.6) is 11.5 Å². The van der Waals surface area contributed by atoms with E-state index in [4.69, 9.17) is 14.5 Å². The van der Waals surface area contributed by atoms with Gasteiger partial charge in [-0.05, 0) is 56.4 Å². The molecule has 0 fully saturated rings. The maximum Gasteiger partial charge on any atom is 0.167 e. The highest BCUT2D eigenvalue weighted by Gasteiger charge is 2.53. The third-order valence-electron chi connectivity index (χ3n) is 11.5. The summed E-state index contributed by atoms with van der Waals surface area (Å²) >= 11 is 0.